The molecule has 0 bridgehead atoms. The average Bonchev–Trinajstić information content (AvgIpc) is 2.20. The highest BCUT2D eigenvalue weighted by molar-refractivity contribution is 8.00. The second-order valence-electron chi connectivity index (χ2n) is 4.48. The van der Waals surface area contributed by atoms with Crippen LogP contribution >= 0.6 is 11.8 Å². The van der Waals surface area contributed by atoms with E-state index in [1.165, 1.54) is 19.3 Å². The second kappa shape index (κ2) is 6.41. The molecule has 0 N–H and O–H groups in total. The van der Waals surface area contributed by atoms with Gasteiger partial charge in [0.2, 0.25) is 5.91 Å². The Morgan fingerprint density at radius 3 is 2.87 bits per heavy atom. The van der Waals surface area contributed by atoms with E-state index >= 15 is 0 Å². The van der Waals surface area contributed by atoms with Crippen molar-refractivity contribution in [2.75, 3.05) is 12.3 Å². The predicted octanol–water partition coefficient (Wildman–Crippen LogP) is 2.92. The predicted molar refractivity (Wildman–Crippen MR) is 67.2 cm³/mol. The maximum absolute atomic E-state index is 12.1. The maximum Gasteiger partial charge on any atom is 0.235 e. The fraction of sp³-hybridized carbons (Fsp3) is 0.917. The summed E-state index contributed by atoms with van der Waals surface area (Å²) in [6, 6.07) is 0.368. The molecule has 2 nitrogen and oxygen atoms in total. The van der Waals surface area contributed by atoms with Crippen molar-refractivity contribution >= 4 is 17.7 Å². The first-order chi connectivity index (χ1) is 7.16. The molecule has 15 heavy (non-hydrogen) atoms. The summed E-state index contributed by atoms with van der Waals surface area (Å²) in [5.41, 5.74) is 0. The molecule has 1 saturated heterocycles. The van der Waals surface area contributed by atoms with Crippen LogP contribution in [0.5, 0.6) is 0 Å². The SMILES string of the molecule is CCCCSC1CCCN(C(C)C)C1=O. The van der Waals surface area contributed by atoms with E-state index in [2.05, 4.69) is 20.8 Å². The molecule has 1 amide bonds. The highest BCUT2D eigenvalue weighted by Gasteiger charge is 2.29. The number of carbonyl (C=O) groups excluding carboxylic acids is 1. The Labute approximate surface area is 97.8 Å². The van der Waals surface area contributed by atoms with Crippen molar-refractivity contribution in [1.29, 1.82) is 0 Å². The van der Waals surface area contributed by atoms with E-state index in [0.717, 1.165) is 18.7 Å². The van der Waals surface area contributed by atoms with Gasteiger partial charge in [-0.25, -0.2) is 0 Å². The Bertz CT molecular complexity index is 206. The summed E-state index contributed by atoms with van der Waals surface area (Å²) in [7, 11) is 0. The summed E-state index contributed by atoms with van der Waals surface area (Å²) in [6.07, 6.45) is 4.71. The molecule has 0 aromatic carbocycles. The fourth-order valence-corrected chi connectivity index (χ4v) is 3.25. The third-order valence-electron chi connectivity index (χ3n) is 2.86. The third-order valence-corrected chi connectivity index (χ3v) is 4.23. The molecule has 3 heteroatoms. The second-order valence-corrected chi connectivity index (χ2v) is 5.79. The number of likely N-dealkylation sites (tertiary alicyclic amines) is 1. The first-order valence-corrected chi connectivity index (χ1v) is 7.13. The summed E-state index contributed by atoms with van der Waals surface area (Å²) in [6.45, 7) is 7.37. The van der Waals surface area contributed by atoms with Crippen molar-refractivity contribution in [3.63, 3.8) is 0 Å². The molecule has 0 spiro atoms. The number of piperidine rings is 1. The molecular formula is C12H23NOS. The van der Waals surface area contributed by atoms with Gasteiger partial charge >= 0.3 is 0 Å². The van der Waals surface area contributed by atoms with E-state index in [9.17, 15) is 4.79 Å². The van der Waals surface area contributed by atoms with Gasteiger partial charge in [0, 0.05) is 12.6 Å². The van der Waals surface area contributed by atoms with Crippen LogP contribution in [0.4, 0.5) is 0 Å². The van der Waals surface area contributed by atoms with Crippen molar-refractivity contribution in [3.8, 4) is 0 Å². The van der Waals surface area contributed by atoms with Crippen LogP contribution in [0.25, 0.3) is 0 Å². The van der Waals surface area contributed by atoms with Crippen LogP contribution in [0.15, 0.2) is 0 Å². The smallest absolute Gasteiger partial charge is 0.235 e. The number of unbranched alkanes of at least 4 members (excludes halogenated alkanes) is 1. The molecule has 1 atom stereocenters. The lowest BCUT2D eigenvalue weighted by atomic mass is 10.1. The molecule has 0 aliphatic carbocycles. The van der Waals surface area contributed by atoms with Crippen molar-refractivity contribution in [3.05, 3.63) is 0 Å². The van der Waals surface area contributed by atoms with Gasteiger partial charge in [0.25, 0.3) is 0 Å². The Balaban J connectivity index is 2.40. The minimum Gasteiger partial charge on any atom is -0.339 e. The minimum atomic E-state index is 0.243. The molecule has 0 saturated carbocycles. The van der Waals surface area contributed by atoms with Gasteiger partial charge in [-0.3, -0.25) is 4.79 Å². The zero-order chi connectivity index (χ0) is 11.3. The molecule has 0 radical (unpaired) electrons. The number of thioether (sulfide) groups is 1. The number of hydrogen-bond acceptors (Lipinski definition) is 2. The van der Waals surface area contributed by atoms with Gasteiger partial charge in [0.15, 0.2) is 0 Å². The van der Waals surface area contributed by atoms with Crippen LogP contribution in [0.1, 0.15) is 46.5 Å². The number of rotatable bonds is 5. The Hall–Kier alpha value is -0.180. The molecule has 88 valence electrons. The van der Waals surface area contributed by atoms with E-state index < -0.39 is 0 Å². The standard InChI is InChI=1S/C12H23NOS/c1-4-5-9-15-11-7-6-8-13(10(2)3)12(11)14/h10-11H,4-9H2,1-3H3. The zero-order valence-electron chi connectivity index (χ0n) is 10.2. The van der Waals surface area contributed by atoms with Crippen LogP contribution in [0.2, 0.25) is 0 Å². The Kier molecular flexibility index (Phi) is 5.51. The van der Waals surface area contributed by atoms with Gasteiger partial charge in [0.05, 0.1) is 5.25 Å². The first-order valence-electron chi connectivity index (χ1n) is 6.09. The molecule has 0 aromatic heterocycles. The van der Waals surface area contributed by atoms with E-state index in [1.54, 1.807) is 0 Å². The lowest BCUT2D eigenvalue weighted by Crippen LogP contribution is -2.46. The summed E-state index contributed by atoms with van der Waals surface area (Å²) in [5.74, 6) is 1.51. The quantitative estimate of drug-likeness (QED) is 0.676. The molecule has 0 aromatic rings. The Morgan fingerprint density at radius 1 is 1.53 bits per heavy atom. The third kappa shape index (κ3) is 3.71. The summed E-state index contributed by atoms with van der Waals surface area (Å²) in [4.78, 5) is 14.1. The van der Waals surface area contributed by atoms with Crippen molar-refractivity contribution in [2.45, 2.75) is 57.7 Å². The van der Waals surface area contributed by atoms with Crippen molar-refractivity contribution < 1.29 is 4.79 Å². The highest BCUT2D eigenvalue weighted by atomic mass is 32.2. The summed E-state index contributed by atoms with van der Waals surface area (Å²) < 4.78 is 0. The molecule has 1 unspecified atom stereocenters. The normalized spacial score (nSPS) is 22.5. The van der Waals surface area contributed by atoms with Crippen LogP contribution in [0, 0.1) is 0 Å². The molecule has 1 aliphatic heterocycles. The minimum absolute atomic E-state index is 0.243. The number of carbonyl (C=O) groups is 1. The lowest BCUT2D eigenvalue weighted by Gasteiger charge is -2.34. The topological polar surface area (TPSA) is 20.3 Å². The average molecular weight is 229 g/mol. The van der Waals surface area contributed by atoms with Crippen LogP contribution in [-0.4, -0.2) is 34.4 Å². The summed E-state index contributed by atoms with van der Waals surface area (Å²) in [5, 5.41) is 0.243. The number of amides is 1. The first kappa shape index (κ1) is 12.9. The van der Waals surface area contributed by atoms with E-state index in [1.807, 2.05) is 16.7 Å². The fourth-order valence-electron chi connectivity index (χ4n) is 1.90. The van der Waals surface area contributed by atoms with Crippen molar-refractivity contribution in [1.82, 2.24) is 4.90 Å². The number of nitrogens with zero attached hydrogens (tertiary/aromatic N) is 1. The molecule has 1 fully saturated rings. The van der Waals surface area contributed by atoms with Crippen LogP contribution in [-0.2, 0) is 4.79 Å². The largest absolute Gasteiger partial charge is 0.339 e. The molecular weight excluding hydrogens is 206 g/mol. The van der Waals surface area contributed by atoms with E-state index in [-0.39, 0.29) is 5.25 Å². The lowest BCUT2D eigenvalue weighted by molar-refractivity contribution is -0.134. The van der Waals surface area contributed by atoms with Gasteiger partial charge in [-0.05, 0) is 38.9 Å². The molecule has 1 heterocycles. The summed E-state index contributed by atoms with van der Waals surface area (Å²) >= 11 is 1.86. The van der Waals surface area contributed by atoms with E-state index in [4.69, 9.17) is 0 Å². The van der Waals surface area contributed by atoms with Gasteiger partial charge in [-0.15, -0.1) is 11.8 Å². The monoisotopic (exact) mass is 229 g/mol. The van der Waals surface area contributed by atoms with E-state index in [0.29, 0.717) is 11.9 Å². The van der Waals surface area contributed by atoms with Gasteiger partial charge < -0.3 is 4.90 Å². The van der Waals surface area contributed by atoms with Crippen molar-refractivity contribution in [2.24, 2.45) is 0 Å². The molecule has 1 aliphatic rings. The molecule has 1 rings (SSSR count). The van der Waals surface area contributed by atoms with Crippen LogP contribution in [0.3, 0.4) is 0 Å². The van der Waals surface area contributed by atoms with Gasteiger partial charge in [-0.1, -0.05) is 13.3 Å². The zero-order valence-corrected chi connectivity index (χ0v) is 11.0. The Morgan fingerprint density at radius 2 is 2.27 bits per heavy atom. The van der Waals surface area contributed by atoms with Gasteiger partial charge in [0.1, 0.15) is 0 Å². The number of hydrogen-bond donors (Lipinski definition) is 0. The highest BCUT2D eigenvalue weighted by Crippen LogP contribution is 2.25. The maximum atomic E-state index is 12.1. The van der Waals surface area contributed by atoms with Crippen LogP contribution < -0.4 is 0 Å². The van der Waals surface area contributed by atoms with Gasteiger partial charge in [-0.2, -0.15) is 0 Å².